The monoisotopic (exact) mass is 212 g/mol. The fourth-order valence-corrected chi connectivity index (χ4v) is 1.03. The van der Waals surface area contributed by atoms with Gasteiger partial charge in [0.2, 0.25) is 0 Å². The van der Waals surface area contributed by atoms with Gasteiger partial charge < -0.3 is 5.43 Å². The van der Waals surface area contributed by atoms with E-state index >= 15 is 0 Å². The summed E-state index contributed by atoms with van der Waals surface area (Å²) in [6.07, 6.45) is 0. The van der Waals surface area contributed by atoms with Gasteiger partial charge in [-0.1, -0.05) is 0 Å². The van der Waals surface area contributed by atoms with Gasteiger partial charge in [0.05, 0.1) is 15.9 Å². The fraction of sp³-hybridized carbons (Fsp3) is 0.143. The van der Waals surface area contributed by atoms with Gasteiger partial charge in [-0.25, -0.2) is 5.43 Å². The number of hydrazine groups is 1. The van der Waals surface area contributed by atoms with Crippen molar-refractivity contribution in [2.75, 3.05) is 12.5 Å². The summed E-state index contributed by atoms with van der Waals surface area (Å²) < 4.78 is 0. The van der Waals surface area contributed by atoms with Gasteiger partial charge in [-0.15, -0.1) is 0 Å². The van der Waals surface area contributed by atoms with Crippen LogP contribution >= 0.6 is 0 Å². The first-order chi connectivity index (χ1) is 7.06. The maximum absolute atomic E-state index is 10.6. The average molecular weight is 212 g/mol. The van der Waals surface area contributed by atoms with Gasteiger partial charge in [-0.05, 0) is 6.07 Å². The predicted molar refractivity (Wildman–Crippen MR) is 52.4 cm³/mol. The zero-order valence-electron chi connectivity index (χ0n) is 7.76. The molecular weight excluding hydrogens is 204 g/mol. The molecule has 1 aromatic carbocycles. The number of nitro groups is 2. The third-order valence-corrected chi connectivity index (χ3v) is 1.65. The number of rotatable bonds is 4. The zero-order valence-corrected chi connectivity index (χ0v) is 7.76. The van der Waals surface area contributed by atoms with Crippen LogP contribution in [-0.2, 0) is 0 Å². The van der Waals surface area contributed by atoms with E-state index in [1.54, 1.807) is 0 Å². The topological polar surface area (TPSA) is 110 Å². The number of benzene rings is 1. The second kappa shape index (κ2) is 4.33. The number of hydrogen-bond acceptors (Lipinski definition) is 6. The molecule has 0 aliphatic carbocycles. The first-order valence-corrected chi connectivity index (χ1v) is 3.92. The number of nitrogens with one attached hydrogen (secondary N) is 2. The first-order valence-electron chi connectivity index (χ1n) is 3.92. The molecule has 0 spiro atoms. The summed E-state index contributed by atoms with van der Waals surface area (Å²) >= 11 is 0. The molecule has 0 heterocycles. The van der Waals surface area contributed by atoms with E-state index in [0.29, 0.717) is 0 Å². The van der Waals surface area contributed by atoms with Crippen LogP contribution in [0.2, 0.25) is 0 Å². The Hall–Kier alpha value is -2.22. The largest absolute Gasteiger partial charge is 0.316 e. The van der Waals surface area contributed by atoms with Crippen LogP contribution in [0.5, 0.6) is 0 Å². The van der Waals surface area contributed by atoms with Crippen molar-refractivity contribution in [3.05, 3.63) is 38.4 Å². The number of nitrogens with zero attached hydrogens (tertiary/aromatic N) is 2. The van der Waals surface area contributed by atoms with E-state index in [1.165, 1.54) is 19.2 Å². The highest BCUT2D eigenvalue weighted by Crippen LogP contribution is 2.28. The highest BCUT2D eigenvalue weighted by Gasteiger charge is 2.18. The van der Waals surface area contributed by atoms with Gasteiger partial charge in [0.15, 0.2) is 0 Å². The standard InChI is InChI=1S/C7H8N4O4/c1-8-9-6-3-2-5(10(12)13)4-7(6)11(14)15/h2-4,8-9H,1H3. The molecule has 1 rings (SSSR count). The lowest BCUT2D eigenvalue weighted by Gasteiger charge is -2.04. The van der Waals surface area contributed by atoms with Crippen LogP contribution < -0.4 is 10.9 Å². The van der Waals surface area contributed by atoms with Crippen LogP contribution in [0.4, 0.5) is 17.1 Å². The molecule has 0 aromatic heterocycles. The molecule has 0 saturated carbocycles. The Kier molecular flexibility index (Phi) is 3.13. The number of non-ortho nitro benzene ring substituents is 1. The summed E-state index contributed by atoms with van der Waals surface area (Å²) in [5, 5.41) is 21.0. The minimum absolute atomic E-state index is 0.174. The Morgan fingerprint density at radius 1 is 1.20 bits per heavy atom. The molecule has 8 heteroatoms. The summed E-state index contributed by atoms with van der Waals surface area (Å²) in [7, 11) is 1.53. The van der Waals surface area contributed by atoms with E-state index in [2.05, 4.69) is 10.9 Å². The molecule has 2 N–H and O–H groups in total. The van der Waals surface area contributed by atoms with Crippen LogP contribution in [0, 0.1) is 20.2 Å². The highest BCUT2D eigenvalue weighted by atomic mass is 16.6. The van der Waals surface area contributed by atoms with Crippen molar-refractivity contribution in [3.8, 4) is 0 Å². The molecule has 0 radical (unpaired) electrons. The summed E-state index contributed by atoms with van der Waals surface area (Å²) in [5.74, 6) is 0. The summed E-state index contributed by atoms with van der Waals surface area (Å²) in [6, 6.07) is 3.36. The second-order valence-electron chi connectivity index (χ2n) is 2.59. The SMILES string of the molecule is CNNc1ccc([N+](=O)[O-])cc1[N+](=O)[O-]. The van der Waals surface area contributed by atoms with Crippen LogP contribution in [0.3, 0.4) is 0 Å². The minimum atomic E-state index is -0.688. The summed E-state index contributed by atoms with van der Waals surface area (Å²) in [5.41, 5.74) is 4.52. The number of hydrogen-bond donors (Lipinski definition) is 2. The summed E-state index contributed by atoms with van der Waals surface area (Å²) in [4.78, 5) is 19.6. The minimum Gasteiger partial charge on any atom is -0.316 e. The maximum atomic E-state index is 10.6. The van der Waals surface area contributed by atoms with Crippen LogP contribution in [0.1, 0.15) is 0 Å². The van der Waals surface area contributed by atoms with Crippen molar-refractivity contribution in [1.29, 1.82) is 0 Å². The third kappa shape index (κ3) is 2.38. The number of nitro benzene ring substituents is 2. The molecule has 0 amide bonds. The molecule has 0 bridgehead atoms. The van der Waals surface area contributed by atoms with Crippen molar-refractivity contribution in [2.45, 2.75) is 0 Å². The Labute approximate surface area is 84.2 Å². The van der Waals surface area contributed by atoms with Gasteiger partial charge >= 0.3 is 5.69 Å². The lowest BCUT2D eigenvalue weighted by molar-refractivity contribution is -0.393. The van der Waals surface area contributed by atoms with E-state index in [-0.39, 0.29) is 17.1 Å². The molecule has 0 atom stereocenters. The average Bonchev–Trinajstić information content (AvgIpc) is 2.18. The quantitative estimate of drug-likeness (QED) is 0.570. The van der Waals surface area contributed by atoms with E-state index in [1.807, 2.05) is 0 Å². The van der Waals surface area contributed by atoms with Crippen LogP contribution in [0.15, 0.2) is 18.2 Å². The smallest absolute Gasteiger partial charge is 0.300 e. The number of anilines is 1. The van der Waals surface area contributed by atoms with E-state index in [0.717, 1.165) is 6.07 Å². The van der Waals surface area contributed by atoms with E-state index < -0.39 is 9.85 Å². The first kappa shape index (κ1) is 10.9. The molecule has 1 aromatic rings. The molecule has 0 saturated heterocycles. The van der Waals surface area contributed by atoms with E-state index in [4.69, 9.17) is 0 Å². The molecule has 15 heavy (non-hydrogen) atoms. The van der Waals surface area contributed by atoms with Crippen molar-refractivity contribution in [2.24, 2.45) is 0 Å². The van der Waals surface area contributed by atoms with Crippen molar-refractivity contribution in [1.82, 2.24) is 5.43 Å². The molecule has 8 nitrogen and oxygen atoms in total. The Morgan fingerprint density at radius 2 is 1.87 bits per heavy atom. The Bertz CT molecular complexity index is 406. The van der Waals surface area contributed by atoms with Crippen LogP contribution in [0.25, 0.3) is 0 Å². The Balaban J connectivity index is 3.20. The molecule has 80 valence electrons. The van der Waals surface area contributed by atoms with Gasteiger partial charge in [-0.2, -0.15) is 0 Å². The molecular formula is C7H8N4O4. The maximum Gasteiger partial charge on any atom is 0.300 e. The van der Waals surface area contributed by atoms with Gasteiger partial charge in [-0.3, -0.25) is 20.2 Å². The lowest BCUT2D eigenvalue weighted by atomic mass is 10.2. The molecule has 0 fully saturated rings. The highest BCUT2D eigenvalue weighted by molar-refractivity contribution is 5.64. The van der Waals surface area contributed by atoms with Gasteiger partial charge in [0.1, 0.15) is 5.69 Å². The van der Waals surface area contributed by atoms with Gasteiger partial charge in [0.25, 0.3) is 5.69 Å². The molecule has 0 aliphatic rings. The molecule has 0 aliphatic heterocycles. The van der Waals surface area contributed by atoms with E-state index in [9.17, 15) is 20.2 Å². The summed E-state index contributed by atoms with van der Waals surface area (Å²) in [6.45, 7) is 0. The van der Waals surface area contributed by atoms with Crippen LogP contribution in [-0.4, -0.2) is 16.9 Å². The van der Waals surface area contributed by atoms with Crippen molar-refractivity contribution < 1.29 is 9.85 Å². The van der Waals surface area contributed by atoms with Crippen molar-refractivity contribution >= 4 is 17.1 Å². The van der Waals surface area contributed by atoms with Crippen molar-refractivity contribution in [3.63, 3.8) is 0 Å². The molecule has 0 unspecified atom stereocenters. The Morgan fingerprint density at radius 3 is 2.33 bits per heavy atom. The fourth-order valence-electron chi connectivity index (χ4n) is 1.03. The van der Waals surface area contributed by atoms with Gasteiger partial charge in [0, 0.05) is 13.1 Å². The normalized spacial score (nSPS) is 9.67. The lowest BCUT2D eigenvalue weighted by Crippen LogP contribution is -2.16. The second-order valence-corrected chi connectivity index (χ2v) is 2.59. The third-order valence-electron chi connectivity index (χ3n) is 1.65. The predicted octanol–water partition coefficient (Wildman–Crippen LogP) is 1.05. The zero-order chi connectivity index (χ0) is 11.4.